The molecular weight excluding hydrogens is 291 g/mol. The summed E-state index contributed by atoms with van der Waals surface area (Å²) in [7, 11) is 0. The molecule has 3 nitrogen and oxygen atoms in total. The molecule has 0 aliphatic carbocycles. The first-order valence-electron chi connectivity index (χ1n) is 6.70. The zero-order valence-corrected chi connectivity index (χ0v) is 12.1. The van der Waals surface area contributed by atoms with Crippen LogP contribution < -0.4 is 0 Å². The topological polar surface area (TPSA) is 48.8 Å². The molecule has 0 saturated heterocycles. The fourth-order valence-corrected chi connectivity index (χ4v) is 2.31. The molecular formula is C16H14F3N3. The predicted octanol–water partition coefficient (Wildman–Crippen LogP) is 6.44. The van der Waals surface area contributed by atoms with Crippen LogP contribution in [0.15, 0.2) is 47.6 Å². The van der Waals surface area contributed by atoms with E-state index in [1.807, 2.05) is 26.0 Å². The third-order valence-electron chi connectivity index (χ3n) is 3.35. The Balaban J connectivity index is 2.74. The number of alkyl halides is 3. The molecule has 0 bridgehead atoms. The number of halogens is 3. The van der Waals surface area contributed by atoms with Crippen molar-refractivity contribution >= 4 is 5.69 Å². The predicted molar refractivity (Wildman–Crippen MR) is 79.8 cm³/mol. The van der Waals surface area contributed by atoms with E-state index in [0.717, 1.165) is 17.7 Å². The maximum Gasteiger partial charge on any atom is 0.416 e. The first kappa shape index (κ1) is 15.9. The molecule has 6 heteroatoms. The van der Waals surface area contributed by atoms with Gasteiger partial charge in [-0.3, -0.25) is 0 Å². The van der Waals surface area contributed by atoms with Gasteiger partial charge in [0.25, 0.3) is 0 Å². The van der Waals surface area contributed by atoms with Crippen molar-refractivity contribution in [2.45, 2.75) is 25.9 Å². The van der Waals surface area contributed by atoms with Crippen molar-refractivity contribution in [1.29, 1.82) is 0 Å². The first-order valence-corrected chi connectivity index (χ1v) is 6.70. The Bertz CT molecular complexity index is 730. The second kappa shape index (κ2) is 6.12. The number of nitrogens with zero attached hydrogens (tertiary/aromatic N) is 3. The van der Waals surface area contributed by atoms with Crippen LogP contribution in [0.3, 0.4) is 0 Å². The summed E-state index contributed by atoms with van der Waals surface area (Å²) in [5.41, 5.74) is 9.89. The smallest absolute Gasteiger partial charge is 0.166 e. The van der Waals surface area contributed by atoms with Crippen LogP contribution in [-0.2, 0) is 6.18 Å². The maximum atomic E-state index is 13.0. The lowest BCUT2D eigenvalue weighted by atomic mass is 9.91. The fraction of sp³-hybridized carbons (Fsp3) is 0.250. The van der Waals surface area contributed by atoms with Gasteiger partial charge in [0.2, 0.25) is 0 Å². The summed E-state index contributed by atoms with van der Waals surface area (Å²) >= 11 is 0. The van der Waals surface area contributed by atoms with Crippen LogP contribution in [0.25, 0.3) is 21.6 Å². The molecule has 0 atom stereocenters. The van der Waals surface area contributed by atoms with Gasteiger partial charge in [-0.2, -0.15) is 13.2 Å². The van der Waals surface area contributed by atoms with Crippen LogP contribution in [0.1, 0.15) is 30.9 Å². The molecule has 0 fully saturated rings. The van der Waals surface area contributed by atoms with Gasteiger partial charge in [-0.25, -0.2) is 0 Å². The summed E-state index contributed by atoms with van der Waals surface area (Å²) in [6.07, 6.45) is -4.45. The molecule has 0 spiro atoms. The molecule has 0 saturated carbocycles. The lowest BCUT2D eigenvalue weighted by molar-refractivity contribution is -0.137. The number of azide groups is 1. The number of benzene rings is 2. The largest absolute Gasteiger partial charge is 0.416 e. The quantitative estimate of drug-likeness (QED) is 0.356. The molecule has 2 aromatic carbocycles. The number of hydrogen-bond acceptors (Lipinski definition) is 1. The Morgan fingerprint density at radius 3 is 2.32 bits per heavy atom. The van der Waals surface area contributed by atoms with Crippen molar-refractivity contribution in [1.82, 2.24) is 0 Å². The summed E-state index contributed by atoms with van der Waals surface area (Å²) in [6.45, 7) is 3.92. The third kappa shape index (κ3) is 3.23. The van der Waals surface area contributed by atoms with Gasteiger partial charge in [-0.05, 0) is 40.3 Å². The summed E-state index contributed by atoms with van der Waals surface area (Å²) in [6, 6.07) is 10.3. The second-order valence-electron chi connectivity index (χ2n) is 5.16. The van der Waals surface area contributed by atoms with Crippen molar-refractivity contribution < 1.29 is 13.2 Å². The number of hydrogen-bond donors (Lipinski definition) is 0. The summed E-state index contributed by atoms with van der Waals surface area (Å²) in [5.74, 6) is 0.129. The Labute approximate surface area is 126 Å². The first-order chi connectivity index (χ1) is 10.3. The highest BCUT2D eigenvalue weighted by Gasteiger charge is 2.31. The van der Waals surface area contributed by atoms with Crippen LogP contribution in [0.2, 0.25) is 0 Å². The van der Waals surface area contributed by atoms with Gasteiger partial charge in [0.15, 0.2) is 0 Å². The zero-order chi connectivity index (χ0) is 16.3. The van der Waals surface area contributed by atoms with Crippen molar-refractivity contribution in [2.24, 2.45) is 5.11 Å². The van der Waals surface area contributed by atoms with Gasteiger partial charge in [0.05, 0.1) is 5.56 Å². The maximum absolute atomic E-state index is 13.0. The Hall–Kier alpha value is -2.46. The van der Waals surface area contributed by atoms with Gasteiger partial charge in [0, 0.05) is 10.6 Å². The fourth-order valence-electron chi connectivity index (χ4n) is 2.31. The highest BCUT2D eigenvalue weighted by atomic mass is 19.4. The highest BCUT2D eigenvalue weighted by molar-refractivity contribution is 5.79. The van der Waals surface area contributed by atoms with E-state index in [-0.39, 0.29) is 17.2 Å². The van der Waals surface area contributed by atoms with Gasteiger partial charge in [-0.15, -0.1) is 0 Å². The lowest BCUT2D eigenvalue weighted by Gasteiger charge is -2.16. The molecule has 0 unspecified atom stereocenters. The minimum absolute atomic E-state index is 0.129. The number of rotatable bonds is 3. The summed E-state index contributed by atoms with van der Waals surface area (Å²) in [5, 5.41) is 3.52. The van der Waals surface area contributed by atoms with Crippen molar-refractivity contribution in [2.75, 3.05) is 0 Å². The highest BCUT2D eigenvalue weighted by Crippen LogP contribution is 2.39. The molecule has 0 aliphatic rings. The van der Waals surface area contributed by atoms with Crippen molar-refractivity contribution in [3.8, 4) is 11.1 Å². The molecule has 0 radical (unpaired) electrons. The normalized spacial score (nSPS) is 11.4. The Morgan fingerprint density at radius 1 is 1.05 bits per heavy atom. The lowest BCUT2D eigenvalue weighted by Crippen LogP contribution is -2.05. The second-order valence-corrected chi connectivity index (χ2v) is 5.16. The van der Waals surface area contributed by atoms with E-state index in [9.17, 15) is 13.2 Å². The van der Waals surface area contributed by atoms with Crippen LogP contribution in [0.5, 0.6) is 0 Å². The molecule has 22 heavy (non-hydrogen) atoms. The van der Waals surface area contributed by atoms with Crippen molar-refractivity contribution in [3.05, 3.63) is 64.0 Å². The molecule has 0 aromatic heterocycles. The van der Waals surface area contributed by atoms with Crippen LogP contribution in [0, 0.1) is 0 Å². The Morgan fingerprint density at radius 2 is 1.73 bits per heavy atom. The Kier molecular flexibility index (Phi) is 4.43. The van der Waals surface area contributed by atoms with E-state index in [4.69, 9.17) is 5.53 Å². The van der Waals surface area contributed by atoms with E-state index in [1.54, 1.807) is 12.1 Å². The van der Waals surface area contributed by atoms with Crippen molar-refractivity contribution in [3.63, 3.8) is 0 Å². The monoisotopic (exact) mass is 305 g/mol. The molecule has 0 amide bonds. The van der Waals surface area contributed by atoms with Crippen LogP contribution in [0.4, 0.5) is 18.9 Å². The molecule has 0 aliphatic heterocycles. The minimum Gasteiger partial charge on any atom is -0.166 e. The molecule has 0 heterocycles. The molecule has 0 N–H and O–H groups in total. The molecule has 2 aromatic rings. The van der Waals surface area contributed by atoms with Gasteiger partial charge >= 0.3 is 6.18 Å². The van der Waals surface area contributed by atoms with E-state index in [0.29, 0.717) is 5.56 Å². The molecule has 2 rings (SSSR count). The standard InChI is InChI=1S/C16H14F3N3/c1-10(2)12-5-3-4-6-13(12)14-9-11(16(17,18)19)7-8-15(14)21-22-20/h3-10H,1-2H3. The average molecular weight is 305 g/mol. The van der Waals surface area contributed by atoms with E-state index in [1.165, 1.54) is 6.07 Å². The SMILES string of the molecule is CC(C)c1ccccc1-c1cc(C(F)(F)F)ccc1N=[N+]=[N-]. The zero-order valence-electron chi connectivity index (χ0n) is 12.1. The van der Waals surface area contributed by atoms with Gasteiger partial charge in [0.1, 0.15) is 0 Å². The van der Waals surface area contributed by atoms with Crippen LogP contribution in [-0.4, -0.2) is 0 Å². The van der Waals surface area contributed by atoms with Gasteiger partial charge in [-0.1, -0.05) is 49.3 Å². The van der Waals surface area contributed by atoms with E-state index < -0.39 is 11.7 Å². The van der Waals surface area contributed by atoms with Gasteiger partial charge < -0.3 is 0 Å². The summed E-state index contributed by atoms with van der Waals surface area (Å²) in [4.78, 5) is 2.70. The molecule has 114 valence electrons. The average Bonchev–Trinajstić information content (AvgIpc) is 2.47. The minimum atomic E-state index is -4.45. The van der Waals surface area contributed by atoms with E-state index >= 15 is 0 Å². The van der Waals surface area contributed by atoms with E-state index in [2.05, 4.69) is 10.0 Å². The van der Waals surface area contributed by atoms with Crippen LogP contribution >= 0.6 is 0 Å². The summed E-state index contributed by atoms with van der Waals surface area (Å²) < 4.78 is 38.9. The third-order valence-corrected chi connectivity index (χ3v) is 3.35.